The largest absolute Gasteiger partial charge is 0.350 e. The van der Waals surface area contributed by atoms with Gasteiger partial charge in [-0.3, -0.25) is 19.4 Å². The number of benzene rings is 1. The summed E-state index contributed by atoms with van der Waals surface area (Å²) >= 11 is 5.80. The van der Waals surface area contributed by atoms with Crippen LogP contribution in [0.3, 0.4) is 0 Å². The van der Waals surface area contributed by atoms with E-state index in [2.05, 4.69) is 22.5 Å². The quantitative estimate of drug-likeness (QED) is 0.772. The Labute approximate surface area is 164 Å². The SMILES string of the molecule is CC1(NC(=O)CN2CCN(CC(=O)Nc3cc(F)cc(Cl)c3)CC2)CCC1. The average molecular weight is 397 g/mol. The second-order valence-electron chi connectivity index (χ2n) is 7.72. The van der Waals surface area contributed by atoms with Crippen molar-refractivity contribution in [2.24, 2.45) is 0 Å². The monoisotopic (exact) mass is 396 g/mol. The molecule has 0 unspecified atom stereocenters. The van der Waals surface area contributed by atoms with Crippen LogP contribution in [0.25, 0.3) is 0 Å². The average Bonchev–Trinajstić information content (AvgIpc) is 2.54. The van der Waals surface area contributed by atoms with E-state index in [0.717, 1.165) is 25.9 Å². The Balaban J connectivity index is 1.38. The molecule has 2 aliphatic rings. The minimum Gasteiger partial charge on any atom is -0.350 e. The van der Waals surface area contributed by atoms with Crippen LogP contribution in [0.2, 0.25) is 5.02 Å². The van der Waals surface area contributed by atoms with E-state index in [1.165, 1.54) is 24.6 Å². The molecule has 2 fully saturated rings. The molecule has 1 aromatic rings. The molecule has 8 heteroatoms. The topological polar surface area (TPSA) is 64.7 Å². The lowest BCUT2D eigenvalue weighted by molar-refractivity contribution is -0.126. The first-order valence-electron chi connectivity index (χ1n) is 9.33. The highest BCUT2D eigenvalue weighted by Gasteiger charge is 2.33. The van der Waals surface area contributed by atoms with Crippen LogP contribution in [0.15, 0.2) is 18.2 Å². The van der Waals surface area contributed by atoms with Crippen molar-refractivity contribution >= 4 is 29.1 Å². The molecule has 1 heterocycles. The summed E-state index contributed by atoms with van der Waals surface area (Å²) in [6.45, 7) is 5.62. The van der Waals surface area contributed by atoms with Crippen LogP contribution >= 0.6 is 11.6 Å². The minimum atomic E-state index is -0.486. The number of nitrogens with zero attached hydrogens (tertiary/aromatic N) is 2. The number of hydrogen-bond donors (Lipinski definition) is 2. The Morgan fingerprint density at radius 3 is 2.19 bits per heavy atom. The first-order valence-corrected chi connectivity index (χ1v) is 9.71. The first-order chi connectivity index (χ1) is 12.8. The third kappa shape index (κ3) is 5.89. The molecule has 27 heavy (non-hydrogen) atoms. The van der Waals surface area contributed by atoms with Gasteiger partial charge in [-0.1, -0.05) is 11.6 Å². The van der Waals surface area contributed by atoms with Crippen LogP contribution < -0.4 is 10.6 Å². The van der Waals surface area contributed by atoms with Crippen molar-refractivity contribution in [1.82, 2.24) is 15.1 Å². The van der Waals surface area contributed by atoms with Crippen LogP contribution in [0.5, 0.6) is 0 Å². The number of carbonyl (C=O) groups excluding carboxylic acids is 2. The highest BCUT2D eigenvalue weighted by Crippen LogP contribution is 2.30. The molecule has 1 aliphatic heterocycles. The molecule has 1 saturated carbocycles. The second kappa shape index (κ2) is 8.54. The van der Waals surface area contributed by atoms with Crippen molar-refractivity contribution in [2.45, 2.75) is 31.7 Å². The van der Waals surface area contributed by atoms with E-state index in [-0.39, 0.29) is 28.9 Å². The zero-order chi connectivity index (χ0) is 19.4. The fourth-order valence-electron chi connectivity index (χ4n) is 3.55. The van der Waals surface area contributed by atoms with Gasteiger partial charge < -0.3 is 10.6 Å². The molecule has 6 nitrogen and oxygen atoms in total. The molecule has 0 radical (unpaired) electrons. The van der Waals surface area contributed by atoms with E-state index in [1.807, 2.05) is 4.90 Å². The van der Waals surface area contributed by atoms with Gasteiger partial charge in [0.05, 0.1) is 13.1 Å². The van der Waals surface area contributed by atoms with Crippen molar-refractivity contribution in [3.05, 3.63) is 29.0 Å². The van der Waals surface area contributed by atoms with Gasteiger partial charge in [0.25, 0.3) is 0 Å². The number of halogens is 2. The minimum absolute atomic E-state index is 0.0171. The molecule has 2 N–H and O–H groups in total. The van der Waals surface area contributed by atoms with Gasteiger partial charge in [0.2, 0.25) is 11.8 Å². The van der Waals surface area contributed by atoms with E-state index < -0.39 is 5.82 Å². The molecule has 1 aromatic carbocycles. The Morgan fingerprint density at radius 2 is 1.67 bits per heavy atom. The van der Waals surface area contributed by atoms with E-state index in [0.29, 0.717) is 25.3 Å². The van der Waals surface area contributed by atoms with Crippen LogP contribution in [-0.2, 0) is 9.59 Å². The third-order valence-corrected chi connectivity index (χ3v) is 5.46. The first kappa shape index (κ1) is 20.0. The van der Waals surface area contributed by atoms with Crippen molar-refractivity contribution < 1.29 is 14.0 Å². The standard InChI is InChI=1S/C19H26ClFN4O2/c1-19(3-2-4-19)23-18(27)13-25-7-5-24(6-8-25)12-17(26)22-16-10-14(20)9-15(21)11-16/h9-11H,2-8,12-13H2,1H3,(H,22,26)(H,23,27). The Morgan fingerprint density at radius 1 is 1.07 bits per heavy atom. The van der Waals surface area contributed by atoms with Crippen molar-refractivity contribution in [3.8, 4) is 0 Å². The molecular formula is C19H26ClFN4O2. The third-order valence-electron chi connectivity index (χ3n) is 5.24. The molecule has 3 rings (SSSR count). The number of rotatable bonds is 6. The Bertz CT molecular complexity index is 683. The van der Waals surface area contributed by atoms with Crippen molar-refractivity contribution in [3.63, 3.8) is 0 Å². The molecule has 0 spiro atoms. The second-order valence-corrected chi connectivity index (χ2v) is 8.16. The maximum absolute atomic E-state index is 13.3. The molecular weight excluding hydrogens is 371 g/mol. The summed E-state index contributed by atoms with van der Waals surface area (Å²) in [5.74, 6) is -0.618. The van der Waals surface area contributed by atoms with E-state index in [4.69, 9.17) is 11.6 Å². The van der Waals surface area contributed by atoms with Gasteiger partial charge >= 0.3 is 0 Å². The number of amides is 2. The number of anilines is 1. The summed E-state index contributed by atoms with van der Waals surface area (Å²) < 4.78 is 13.3. The summed E-state index contributed by atoms with van der Waals surface area (Å²) in [5.41, 5.74) is 0.335. The van der Waals surface area contributed by atoms with Gasteiger partial charge in [0.15, 0.2) is 0 Å². The van der Waals surface area contributed by atoms with Gasteiger partial charge in [-0.2, -0.15) is 0 Å². The Hall–Kier alpha value is -1.70. The van der Waals surface area contributed by atoms with Gasteiger partial charge in [0, 0.05) is 42.4 Å². The smallest absolute Gasteiger partial charge is 0.238 e. The number of piperazine rings is 1. The van der Waals surface area contributed by atoms with E-state index in [9.17, 15) is 14.0 Å². The lowest BCUT2D eigenvalue weighted by Gasteiger charge is -2.40. The summed E-state index contributed by atoms with van der Waals surface area (Å²) in [6, 6.07) is 3.95. The highest BCUT2D eigenvalue weighted by atomic mass is 35.5. The maximum Gasteiger partial charge on any atom is 0.238 e. The van der Waals surface area contributed by atoms with Crippen molar-refractivity contribution in [2.75, 3.05) is 44.6 Å². The number of hydrogen-bond acceptors (Lipinski definition) is 4. The summed E-state index contributed by atoms with van der Waals surface area (Å²) in [5, 5.41) is 6.03. The summed E-state index contributed by atoms with van der Waals surface area (Å²) in [6.07, 6.45) is 3.29. The van der Waals surface area contributed by atoms with Gasteiger partial charge in [-0.15, -0.1) is 0 Å². The fourth-order valence-corrected chi connectivity index (χ4v) is 3.77. The lowest BCUT2D eigenvalue weighted by atomic mass is 9.78. The lowest BCUT2D eigenvalue weighted by Crippen LogP contribution is -2.55. The maximum atomic E-state index is 13.3. The molecule has 1 saturated heterocycles. The van der Waals surface area contributed by atoms with E-state index >= 15 is 0 Å². The van der Waals surface area contributed by atoms with Crippen LogP contribution in [0.1, 0.15) is 26.2 Å². The molecule has 0 bridgehead atoms. The normalized spacial score (nSPS) is 20.0. The van der Waals surface area contributed by atoms with Crippen LogP contribution in [-0.4, -0.2) is 66.4 Å². The fraction of sp³-hybridized carbons (Fsp3) is 0.579. The van der Waals surface area contributed by atoms with Crippen LogP contribution in [0.4, 0.5) is 10.1 Å². The van der Waals surface area contributed by atoms with Gasteiger partial charge in [-0.05, 0) is 44.4 Å². The molecule has 2 amide bonds. The highest BCUT2D eigenvalue weighted by molar-refractivity contribution is 6.30. The van der Waals surface area contributed by atoms with E-state index in [1.54, 1.807) is 0 Å². The molecule has 0 atom stereocenters. The van der Waals surface area contributed by atoms with Gasteiger partial charge in [-0.25, -0.2) is 4.39 Å². The zero-order valence-corrected chi connectivity index (χ0v) is 16.3. The number of nitrogens with one attached hydrogen (secondary N) is 2. The summed E-state index contributed by atoms with van der Waals surface area (Å²) in [7, 11) is 0. The predicted molar refractivity (Wildman–Crippen MR) is 103 cm³/mol. The molecule has 0 aromatic heterocycles. The van der Waals surface area contributed by atoms with Crippen LogP contribution in [0, 0.1) is 5.82 Å². The van der Waals surface area contributed by atoms with Gasteiger partial charge in [0.1, 0.15) is 5.82 Å². The molecule has 1 aliphatic carbocycles. The number of carbonyl (C=O) groups is 2. The molecule has 148 valence electrons. The zero-order valence-electron chi connectivity index (χ0n) is 15.6. The van der Waals surface area contributed by atoms with Crippen molar-refractivity contribution in [1.29, 1.82) is 0 Å². The summed E-state index contributed by atoms with van der Waals surface area (Å²) in [4.78, 5) is 28.5. The Kier molecular flexibility index (Phi) is 6.34. The predicted octanol–water partition coefficient (Wildman–Crippen LogP) is 2.09.